The fourth-order valence-corrected chi connectivity index (χ4v) is 2.60. The number of benzene rings is 2. The topological polar surface area (TPSA) is 50.4 Å². The molecule has 1 heterocycles. The fraction of sp³-hybridized carbons (Fsp3) is 0.118. The van der Waals surface area contributed by atoms with E-state index in [0.717, 1.165) is 0 Å². The monoisotopic (exact) mass is 300 g/mol. The van der Waals surface area contributed by atoms with E-state index in [0.29, 0.717) is 39.1 Å². The largest absolute Gasteiger partial charge is 0.508 e. The molecule has 3 nitrogen and oxygen atoms in total. The van der Waals surface area contributed by atoms with E-state index in [1.165, 1.54) is 12.3 Å². The zero-order chi connectivity index (χ0) is 15.0. The Morgan fingerprint density at radius 1 is 1.19 bits per heavy atom. The van der Waals surface area contributed by atoms with Crippen LogP contribution in [0.2, 0.25) is 5.02 Å². The highest BCUT2D eigenvalue weighted by molar-refractivity contribution is 6.33. The number of phenolic OH excluding ortho intramolecular Hbond substituents is 1. The molecule has 0 unspecified atom stereocenters. The van der Waals surface area contributed by atoms with Crippen LogP contribution in [0.25, 0.3) is 22.1 Å². The van der Waals surface area contributed by atoms with Crippen LogP contribution in [-0.2, 0) is 6.42 Å². The van der Waals surface area contributed by atoms with Crippen LogP contribution in [0.1, 0.15) is 12.5 Å². The van der Waals surface area contributed by atoms with Crippen LogP contribution in [0.15, 0.2) is 51.9 Å². The molecule has 0 saturated heterocycles. The van der Waals surface area contributed by atoms with Gasteiger partial charge in [0.05, 0.1) is 10.9 Å². The SMILES string of the molecule is CCc1cc2c(=O)c(-c3ccccc3Cl)coc2cc1O. The molecular formula is C17H13ClO3. The van der Waals surface area contributed by atoms with Crippen LogP contribution in [0.5, 0.6) is 5.75 Å². The number of rotatable bonds is 2. The second-order valence-electron chi connectivity index (χ2n) is 4.79. The quantitative estimate of drug-likeness (QED) is 0.764. The molecular weight excluding hydrogens is 288 g/mol. The number of aromatic hydroxyl groups is 1. The van der Waals surface area contributed by atoms with Crippen molar-refractivity contribution >= 4 is 22.6 Å². The highest BCUT2D eigenvalue weighted by Crippen LogP contribution is 2.29. The molecule has 0 aliphatic rings. The third-order valence-electron chi connectivity index (χ3n) is 3.52. The lowest BCUT2D eigenvalue weighted by atomic mass is 10.0. The summed E-state index contributed by atoms with van der Waals surface area (Å²) in [5.74, 6) is 0.138. The molecule has 1 aromatic heterocycles. The predicted octanol–water partition coefficient (Wildman–Crippen LogP) is 4.38. The molecule has 0 saturated carbocycles. The van der Waals surface area contributed by atoms with Gasteiger partial charge >= 0.3 is 0 Å². The summed E-state index contributed by atoms with van der Waals surface area (Å²) in [6, 6.07) is 10.3. The number of phenols is 1. The second kappa shape index (κ2) is 5.26. The van der Waals surface area contributed by atoms with E-state index in [1.54, 1.807) is 18.2 Å². The van der Waals surface area contributed by atoms with Gasteiger partial charge in [-0.3, -0.25) is 4.79 Å². The van der Waals surface area contributed by atoms with E-state index in [4.69, 9.17) is 16.0 Å². The molecule has 1 N–H and O–H groups in total. The summed E-state index contributed by atoms with van der Waals surface area (Å²) in [5, 5.41) is 10.8. The summed E-state index contributed by atoms with van der Waals surface area (Å²) in [6.07, 6.45) is 2.02. The normalized spacial score (nSPS) is 11.0. The van der Waals surface area contributed by atoms with E-state index >= 15 is 0 Å². The van der Waals surface area contributed by atoms with Crippen molar-refractivity contribution in [2.75, 3.05) is 0 Å². The Kier molecular flexibility index (Phi) is 3.43. The third-order valence-corrected chi connectivity index (χ3v) is 3.85. The molecule has 21 heavy (non-hydrogen) atoms. The highest BCUT2D eigenvalue weighted by atomic mass is 35.5. The summed E-state index contributed by atoms with van der Waals surface area (Å²) in [5.41, 5.74) is 1.98. The van der Waals surface area contributed by atoms with Crippen LogP contribution in [-0.4, -0.2) is 5.11 Å². The van der Waals surface area contributed by atoms with Crippen LogP contribution < -0.4 is 5.43 Å². The summed E-state index contributed by atoms with van der Waals surface area (Å²) in [4.78, 5) is 12.7. The first-order valence-electron chi connectivity index (χ1n) is 6.64. The Morgan fingerprint density at radius 2 is 1.95 bits per heavy atom. The van der Waals surface area contributed by atoms with Crippen LogP contribution in [0, 0.1) is 0 Å². The van der Waals surface area contributed by atoms with Crippen molar-refractivity contribution in [3.05, 3.63) is 63.5 Å². The van der Waals surface area contributed by atoms with E-state index in [-0.39, 0.29) is 11.2 Å². The lowest BCUT2D eigenvalue weighted by Gasteiger charge is -2.07. The molecule has 0 fully saturated rings. The first-order valence-corrected chi connectivity index (χ1v) is 7.02. The standard InChI is InChI=1S/C17H13ClO3/c1-2-10-7-12-16(8-15(10)19)21-9-13(17(12)20)11-5-3-4-6-14(11)18/h3-9,19H,2H2,1H3. The van der Waals surface area contributed by atoms with Crippen molar-refractivity contribution < 1.29 is 9.52 Å². The van der Waals surface area contributed by atoms with Gasteiger partial charge < -0.3 is 9.52 Å². The zero-order valence-corrected chi connectivity index (χ0v) is 12.1. The van der Waals surface area contributed by atoms with E-state index in [1.807, 2.05) is 19.1 Å². The molecule has 3 rings (SSSR count). The number of halogens is 1. The van der Waals surface area contributed by atoms with Gasteiger partial charge in [-0.1, -0.05) is 36.7 Å². The number of hydrogen-bond acceptors (Lipinski definition) is 3. The second-order valence-corrected chi connectivity index (χ2v) is 5.20. The van der Waals surface area contributed by atoms with Crippen molar-refractivity contribution in [2.24, 2.45) is 0 Å². The van der Waals surface area contributed by atoms with Crippen molar-refractivity contribution in [3.63, 3.8) is 0 Å². The molecule has 0 aliphatic carbocycles. The Balaban J connectivity index is 2.33. The molecule has 2 aromatic carbocycles. The van der Waals surface area contributed by atoms with Gasteiger partial charge in [-0.05, 0) is 24.1 Å². The number of hydrogen-bond donors (Lipinski definition) is 1. The number of aryl methyl sites for hydroxylation is 1. The van der Waals surface area contributed by atoms with E-state index in [2.05, 4.69) is 0 Å². The Morgan fingerprint density at radius 3 is 2.67 bits per heavy atom. The molecule has 0 amide bonds. The van der Waals surface area contributed by atoms with Gasteiger partial charge in [-0.25, -0.2) is 0 Å². The molecule has 0 radical (unpaired) electrons. The maximum atomic E-state index is 12.7. The molecule has 0 atom stereocenters. The molecule has 0 bridgehead atoms. The molecule has 0 spiro atoms. The Labute approximate surface area is 126 Å². The van der Waals surface area contributed by atoms with Gasteiger partial charge in [-0.2, -0.15) is 0 Å². The van der Waals surface area contributed by atoms with Crippen LogP contribution in [0.3, 0.4) is 0 Å². The third kappa shape index (κ3) is 2.30. The van der Waals surface area contributed by atoms with Crippen molar-refractivity contribution in [3.8, 4) is 16.9 Å². The molecule has 0 aliphatic heterocycles. The first kappa shape index (κ1) is 13.7. The maximum Gasteiger partial charge on any atom is 0.200 e. The minimum atomic E-state index is -0.154. The van der Waals surface area contributed by atoms with Gasteiger partial charge in [0, 0.05) is 16.7 Å². The van der Waals surface area contributed by atoms with Crippen LogP contribution in [0.4, 0.5) is 0 Å². The van der Waals surface area contributed by atoms with E-state index < -0.39 is 0 Å². The van der Waals surface area contributed by atoms with Crippen molar-refractivity contribution in [1.82, 2.24) is 0 Å². The van der Waals surface area contributed by atoms with Gasteiger partial charge in [0.25, 0.3) is 0 Å². The van der Waals surface area contributed by atoms with Crippen molar-refractivity contribution in [1.29, 1.82) is 0 Å². The summed E-state index contributed by atoms with van der Waals surface area (Å²) in [6.45, 7) is 1.92. The predicted molar refractivity (Wildman–Crippen MR) is 84.0 cm³/mol. The number of fused-ring (bicyclic) bond motifs is 1. The Hall–Kier alpha value is -2.26. The molecule has 106 valence electrons. The van der Waals surface area contributed by atoms with Crippen LogP contribution >= 0.6 is 11.6 Å². The smallest absolute Gasteiger partial charge is 0.200 e. The zero-order valence-electron chi connectivity index (χ0n) is 11.4. The average molecular weight is 301 g/mol. The summed E-state index contributed by atoms with van der Waals surface area (Å²) < 4.78 is 5.49. The van der Waals surface area contributed by atoms with Gasteiger partial charge in [0.15, 0.2) is 0 Å². The first-order chi connectivity index (χ1) is 10.1. The average Bonchev–Trinajstić information content (AvgIpc) is 2.48. The Bertz CT molecular complexity index is 881. The van der Waals surface area contributed by atoms with Gasteiger partial charge in [0.1, 0.15) is 17.6 Å². The lowest BCUT2D eigenvalue weighted by Crippen LogP contribution is -2.05. The minimum Gasteiger partial charge on any atom is -0.508 e. The van der Waals surface area contributed by atoms with Crippen molar-refractivity contribution in [2.45, 2.75) is 13.3 Å². The molecule has 3 aromatic rings. The lowest BCUT2D eigenvalue weighted by molar-refractivity contribution is 0.467. The fourth-order valence-electron chi connectivity index (χ4n) is 2.36. The van der Waals surface area contributed by atoms with E-state index in [9.17, 15) is 9.90 Å². The summed E-state index contributed by atoms with van der Waals surface area (Å²) in [7, 11) is 0. The summed E-state index contributed by atoms with van der Waals surface area (Å²) >= 11 is 6.15. The molecule has 4 heteroatoms. The van der Waals surface area contributed by atoms with Gasteiger partial charge in [-0.15, -0.1) is 0 Å². The maximum absolute atomic E-state index is 12.7. The highest BCUT2D eigenvalue weighted by Gasteiger charge is 2.13. The van der Waals surface area contributed by atoms with Gasteiger partial charge in [0.2, 0.25) is 5.43 Å². The minimum absolute atomic E-state index is 0.138.